The third-order valence-electron chi connectivity index (χ3n) is 12.9. The Balaban J connectivity index is 0.782. The van der Waals surface area contributed by atoms with E-state index in [2.05, 4.69) is 31.2 Å². The number of rotatable bonds is 10. The fourth-order valence-electron chi connectivity index (χ4n) is 9.71. The summed E-state index contributed by atoms with van der Waals surface area (Å²) in [5, 5.41) is 2.68. The Morgan fingerprint density at radius 3 is 2.40 bits per heavy atom. The van der Waals surface area contributed by atoms with Crippen LogP contribution in [0, 0.1) is 23.5 Å². The highest BCUT2D eigenvalue weighted by Crippen LogP contribution is 2.37. The zero-order valence-corrected chi connectivity index (χ0v) is 34.1. The fourth-order valence-corrected chi connectivity index (χ4v) is 11.0. The Morgan fingerprint density at radius 1 is 0.903 bits per heavy atom. The van der Waals surface area contributed by atoms with Crippen LogP contribution in [0.4, 0.5) is 24.5 Å². The van der Waals surface area contributed by atoms with Gasteiger partial charge in [-0.2, -0.15) is 12.7 Å². The molecule has 0 spiro atoms. The minimum absolute atomic E-state index is 0.000875. The Morgan fingerprint density at radius 2 is 1.68 bits per heavy atom. The van der Waals surface area contributed by atoms with Crippen molar-refractivity contribution in [1.82, 2.24) is 29.4 Å². The van der Waals surface area contributed by atoms with Crippen LogP contribution >= 0.6 is 0 Å². The molecule has 4 saturated heterocycles. The highest BCUT2D eigenvalue weighted by Gasteiger charge is 2.42. The second-order valence-corrected chi connectivity index (χ2v) is 18.5. The molecule has 0 saturated carbocycles. The van der Waals surface area contributed by atoms with E-state index in [1.807, 2.05) is 41.1 Å². The SMILES string of the molecule is O=C1CC[C@H](N2Cc3cc(CN4C[C@@H]5CN(c6ccc(-c7cnc8[nH]cc(C(=O)c9c(F)ccc(NS(=O)(=O)N%10CC[C@@H](F)C%10)c9F)c8c7)cc6)C[C@@H]5C4)ccc3C2=O)C(=O)N1. The Labute approximate surface area is 354 Å². The first-order valence-electron chi connectivity index (χ1n) is 20.6. The van der Waals surface area contributed by atoms with Gasteiger partial charge in [-0.05, 0) is 77.8 Å². The van der Waals surface area contributed by atoms with Gasteiger partial charge < -0.3 is 14.8 Å². The molecule has 4 atom stereocenters. The van der Waals surface area contributed by atoms with Gasteiger partial charge in [-0.25, -0.2) is 18.2 Å². The summed E-state index contributed by atoms with van der Waals surface area (Å²) in [5.41, 5.74) is 3.88. The Bertz CT molecular complexity index is 2790. The molecule has 5 aliphatic rings. The number of imide groups is 1. The fraction of sp³-hybridized carbons (Fsp3) is 0.341. The molecule has 10 rings (SSSR count). The summed E-state index contributed by atoms with van der Waals surface area (Å²) >= 11 is 0. The Kier molecular flexibility index (Phi) is 9.90. The number of ketones is 1. The molecule has 3 amide bonds. The lowest BCUT2D eigenvalue weighted by atomic mass is 9.99. The number of piperidine rings is 1. The van der Waals surface area contributed by atoms with Crippen molar-refractivity contribution in [2.75, 3.05) is 48.9 Å². The van der Waals surface area contributed by atoms with Gasteiger partial charge in [0.25, 0.3) is 5.91 Å². The number of anilines is 2. The monoisotopic (exact) mass is 866 g/mol. The third kappa shape index (κ3) is 7.18. The van der Waals surface area contributed by atoms with E-state index < -0.39 is 57.0 Å². The van der Waals surface area contributed by atoms with E-state index in [4.69, 9.17) is 0 Å². The molecule has 14 nitrogen and oxygen atoms in total. The molecule has 320 valence electrons. The van der Waals surface area contributed by atoms with Crippen LogP contribution in [0.2, 0.25) is 0 Å². The van der Waals surface area contributed by atoms with Crippen LogP contribution in [0.5, 0.6) is 0 Å². The molecular weight excluding hydrogens is 826 g/mol. The first kappa shape index (κ1) is 40.0. The van der Waals surface area contributed by atoms with Crippen molar-refractivity contribution in [3.05, 3.63) is 113 Å². The predicted molar refractivity (Wildman–Crippen MR) is 222 cm³/mol. The molecule has 2 aromatic heterocycles. The summed E-state index contributed by atoms with van der Waals surface area (Å²) in [6.45, 7) is 4.29. The van der Waals surface area contributed by atoms with E-state index >= 15 is 8.78 Å². The predicted octanol–water partition coefficient (Wildman–Crippen LogP) is 4.77. The average molecular weight is 867 g/mol. The summed E-state index contributed by atoms with van der Waals surface area (Å²) in [5.74, 6) is -3.51. The number of benzene rings is 3. The van der Waals surface area contributed by atoms with Crippen molar-refractivity contribution in [2.45, 2.75) is 44.6 Å². The zero-order chi connectivity index (χ0) is 43.0. The van der Waals surface area contributed by atoms with Crippen molar-refractivity contribution in [1.29, 1.82) is 0 Å². The molecule has 0 bridgehead atoms. The van der Waals surface area contributed by atoms with E-state index in [9.17, 15) is 32.0 Å². The van der Waals surface area contributed by atoms with Crippen molar-refractivity contribution < 1.29 is 40.8 Å². The maximum atomic E-state index is 15.8. The molecule has 3 N–H and O–H groups in total. The number of pyridine rings is 1. The highest BCUT2D eigenvalue weighted by atomic mass is 32.2. The van der Waals surface area contributed by atoms with E-state index in [-0.39, 0.29) is 43.3 Å². The molecule has 0 radical (unpaired) electrons. The minimum atomic E-state index is -4.36. The number of hydrogen-bond acceptors (Lipinski definition) is 9. The molecule has 62 heavy (non-hydrogen) atoms. The van der Waals surface area contributed by atoms with E-state index in [1.165, 1.54) is 6.20 Å². The van der Waals surface area contributed by atoms with Crippen molar-refractivity contribution in [2.24, 2.45) is 11.8 Å². The topological polar surface area (TPSA) is 168 Å². The van der Waals surface area contributed by atoms with Crippen LogP contribution in [0.15, 0.2) is 73.1 Å². The number of aromatic amines is 1. The molecule has 5 aromatic rings. The van der Waals surface area contributed by atoms with Gasteiger partial charge in [0, 0.05) is 98.9 Å². The van der Waals surface area contributed by atoms with Crippen LogP contribution in [0.3, 0.4) is 0 Å². The van der Waals surface area contributed by atoms with Gasteiger partial charge in [0.15, 0.2) is 5.82 Å². The molecule has 0 aliphatic carbocycles. The first-order chi connectivity index (χ1) is 29.8. The molecule has 4 fully saturated rings. The van der Waals surface area contributed by atoms with E-state index in [0.717, 1.165) is 71.5 Å². The lowest BCUT2D eigenvalue weighted by molar-refractivity contribution is -0.136. The van der Waals surface area contributed by atoms with Crippen LogP contribution in [-0.4, -0.2) is 107 Å². The van der Waals surface area contributed by atoms with Gasteiger partial charge >= 0.3 is 10.2 Å². The number of alkyl halides is 1. The third-order valence-corrected chi connectivity index (χ3v) is 14.4. The second kappa shape index (κ2) is 15.4. The standard InChI is InChI=1S/C44H41F3N8O6S/c45-30-11-12-54(23-30)62(60,61)51-36-8-7-35(46)39(40(36)47)41(57)34-16-49-42-33(34)14-26(15-48-42)25-2-4-31(5-3-25)53-20-28-18-52(19-29(28)21-53)17-24-1-6-32-27(13-24)22-55(44(32)59)37-9-10-38(56)50-43(37)58/h1-8,13-16,28-30,37,51H,9-12,17-23H2,(H,48,49)(H,50,56,58)/t28-,29+,30-,37+/m1/s1. The maximum Gasteiger partial charge on any atom is 0.301 e. The normalized spacial score (nSPS) is 23.0. The maximum absolute atomic E-state index is 15.8. The summed E-state index contributed by atoms with van der Waals surface area (Å²) in [6, 6.07) is 16.7. The number of nitrogens with one attached hydrogen (secondary N) is 3. The molecule has 18 heteroatoms. The number of fused-ring (bicyclic) bond motifs is 3. The Hall–Kier alpha value is -6.11. The number of nitrogens with zero attached hydrogens (tertiary/aromatic N) is 5. The summed E-state index contributed by atoms with van der Waals surface area (Å²) in [4.78, 5) is 64.7. The van der Waals surface area contributed by atoms with Crippen molar-refractivity contribution in [3.8, 4) is 11.1 Å². The van der Waals surface area contributed by atoms with Crippen LogP contribution in [0.1, 0.15) is 56.7 Å². The molecular formula is C44H41F3N8O6S. The van der Waals surface area contributed by atoms with Crippen LogP contribution < -0.4 is 14.9 Å². The molecule has 5 aliphatic heterocycles. The summed E-state index contributed by atoms with van der Waals surface area (Å²) in [7, 11) is -4.36. The number of amides is 3. The smallest absolute Gasteiger partial charge is 0.301 e. The number of carbonyl (C=O) groups excluding carboxylic acids is 4. The number of carbonyl (C=O) groups is 4. The van der Waals surface area contributed by atoms with Crippen molar-refractivity contribution in [3.63, 3.8) is 0 Å². The van der Waals surface area contributed by atoms with E-state index in [1.54, 1.807) is 17.2 Å². The minimum Gasteiger partial charge on any atom is -0.371 e. The van der Waals surface area contributed by atoms with Crippen LogP contribution in [0.25, 0.3) is 22.2 Å². The quantitative estimate of drug-likeness (QED) is 0.132. The lowest BCUT2D eigenvalue weighted by Gasteiger charge is -2.29. The first-order valence-corrected chi connectivity index (χ1v) is 22.0. The van der Waals surface area contributed by atoms with Crippen molar-refractivity contribution >= 4 is 56.1 Å². The van der Waals surface area contributed by atoms with E-state index in [0.29, 0.717) is 47.0 Å². The molecule has 7 heterocycles. The number of aromatic nitrogens is 2. The average Bonchev–Trinajstić information content (AvgIpc) is 4.09. The number of likely N-dealkylation sites (tertiary alicyclic amines) is 1. The van der Waals surface area contributed by atoms with Gasteiger partial charge in [0.1, 0.15) is 23.7 Å². The molecule has 3 aromatic carbocycles. The number of hydrogen-bond donors (Lipinski definition) is 3. The molecule has 0 unspecified atom stereocenters. The number of H-pyrrole nitrogens is 1. The van der Waals surface area contributed by atoms with Gasteiger partial charge in [-0.3, -0.25) is 34.1 Å². The van der Waals surface area contributed by atoms with Crippen LogP contribution in [-0.2, 0) is 32.9 Å². The summed E-state index contributed by atoms with van der Waals surface area (Å²) in [6.07, 6.45) is 2.15. The largest absolute Gasteiger partial charge is 0.371 e. The van der Waals surface area contributed by atoms with Gasteiger partial charge in [-0.15, -0.1) is 0 Å². The van der Waals surface area contributed by atoms with Gasteiger partial charge in [-0.1, -0.05) is 24.3 Å². The lowest BCUT2D eigenvalue weighted by Crippen LogP contribution is -2.52. The summed E-state index contributed by atoms with van der Waals surface area (Å²) < 4.78 is 73.0. The van der Waals surface area contributed by atoms with Gasteiger partial charge in [0.2, 0.25) is 17.6 Å². The van der Waals surface area contributed by atoms with Gasteiger partial charge in [0.05, 0.1) is 11.3 Å². The highest BCUT2D eigenvalue weighted by molar-refractivity contribution is 7.90. The second-order valence-electron chi connectivity index (χ2n) is 16.8. The number of halogens is 3. The zero-order valence-electron chi connectivity index (χ0n) is 33.2.